The van der Waals surface area contributed by atoms with Crippen LogP contribution in [0.3, 0.4) is 0 Å². The molecule has 4 rings (SSSR count). The first-order valence-electron chi connectivity index (χ1n) is 10.6. The van der Waals surface area contributed by atoms with Crippen molar-refractivity contribution in [2.45, 2.75) is 50.3 Å². The van der Waals surface area contributed by atoms with Crippen LogP contribution in [0.1, 0.15) is 37.7 Å². The van der Waals surface area contributed by atoms with Crippen LogP contribution in [0.5, 0.6) is 0 Å². The lowest BCUT2D eigenvalue weighted by Crippen LogP contribution is -2.59. The van der Waals surface area contributed by atoms with Gasteiger partial charge in [-0.3, -0.25) is 14.5 Å². The molecule has 2 amide bonds. The van der Waals surface area contributed by atoms with Crippen molar-refractivity contribution in [3.63, 3.8) is 0 Å². The molecule has 2 aliphatic heterocycles. The molecule has 6 nitrogen and oxygen atoms in total. The fourth-order valence-corrected chi connectivity index (χ4v) is 4.83. The smallest absolute Gasteiger partial charge is 0.247 e. The maximum Gasteiger partial charge on any atom is 0.247 e. The fraction of sp³-hybridized carbons (Fsp3) is 0.636. The number of carbonyl (C=O) groups excluding carboxylic acids is 2. The van der Waals surface area contributed by atoms with Gasteiger partial charge in [0.05, 0.1) is 13.0 Å². The van der Waals surface area contributed by atoms with E-state index in [0.717, 1.165) is 57.4 Å². The van der Waals surface area contributed by atoms with Gasteiger partial charge < -0.3 is 14.5 Å². The summed E-state index contributed by atoms with van der Waals surface area (Å²) in [7, 11) is 2.08. The molecular weight excluding hydrogens is 354 g/mol. The SMILES string of the molecule is CN1CCN(C(=O)[C@H]2COC3(CCCCC3)N2C(=O)Cc2ccccc2)CC1. The molecule has 152 valence electrons. The monoisotopic (exact) mass is 385 g/mol. The van der Waals surface area contributed by atoms with E-state index in [4.69, 9.17) is 4.74 Å². The number of likely N-dealkylation sites (N-methyl/N-ethyl adjacent to an activating group) is 1. The standard InChI is InChI=1S/C22H31N3O3/c1-23-12-14-24(15-13-23)21(27)19-17-28-22(10-6-3-7-11-22)25(19)20(26)16-18-8-4-2-5-9-18/h2,4-5,8-9,19H,3,6-7,10-17H2,1H3/t19-/m1/s1. The van der Waals surface area contributed by atoms with E-state index in [9.17, 15) is 9.59 Å². The predicted octanol–water partition coefficient (Wildman–Crippen LogP) is 1.89. The predicted molar refractivity (Wildman–Crippen MR) is 107 cm³/mol. The zero-order valence-corrected chi connectivity index (χ0v) is 16.8. The molecule has 2 saturated heterocycles. The van der Waals surface area contributed by atoms with Crippen LogP contribution < -0.4 is 0 Å². The summed E-state index contributed by atoms with van der Waals surface area (Å²) in [6.45, 7) is 3.52. The Balaban J connectivity index is 1.56. The van der Waals surface area contributed by atoms with E-state index in [-0.39, 0.29) is 11.8 Å². The van der Waals surface area contributed by atoms with Gasteiger partial charge in [0.25, 0.3) is 0 Å². The van der Waals surface area contributed by atoms with E-state index in [1.54, 1.807) is 0 Å². The molecule has 28 heavy (non-hydrogen) atoms. The van der Waals surface area contributed by atoms with Crippen molar-refractivity contribution in [3.05, 3.63) is 35.9 Å². The number of piperazine rings is 1. The molecule has 0 unspecified atom stereocenters. The van der Waals surface area contributed by atoms with Gasteiger partial charge in [-0.2, -0.15) is 0 Å². The minimum atomic E-state index is -0.586. The highest BCUT2D eigenvalue weighted by atomic mass is 16.5. The lowest BCUT2D eigenvalue weighted by molar-refractivity contribution is -0.161. The molecule has 1 aromatic carbocycles. The van der Waals surface area contributed by atoms with Gasteiger partial charge in [0.2, 0.25) is 11.8 Å². The van der Waals surface area contributed by atoms with Crippen molar-refractivity contribution < 1.29 is 14.3 Å². The molecule has 2 heterocycles. The van der Waals surface area contributed by atoms with Crippen molar-refractivity contribution in [3.8, 4) is 0 Å². The lowest BCUT2D eigenvalue weighted by Gasteiger charge is -2.42. The van der Waals surface area contributed by atoms with Gasteiger partial charge in [-0.15, -0.1) is 0 Å². The van der Waals surface area contributed by atoms with Crippen LogP contribution in [0.2, 0.25) is 0 Å². The summed E-state index contributed by atoms with van der Waals surface area (Å²) < 4.78 is 6.25. The molecule has 0 N–H and O–H groups in total. The molecule has 6 heteroatoms. The summed E-state index contributed by atoms with van der Waals surface area (Å²) in [6, 6.07) is 9.31. The van der Waals surface area contributed by atoms with Crippen LogP contribution in [-0.4, -0.2) is 78.1 Å². The van der Waals surface area contributed by atoms with E-state index in [1.807, 2.05) is 40.1 Å². The summed E-state index contributed by atoms with van der Waals surface area (Å²) >= 11 is 0. The minimum Gasteiger partial charge on any atom is -0.353 e. The van der Waals surface area contributed by atoms with E-state index in [0.29, 0.717) is 13.0 Å². The van der Waals surface area contributed by atoms with Crippen LogP contribution in [0, 0.1) is 0 Å². The van der Waals surface area contributed by atoms with Gasteiger partial charge in [0, 0.05) is 26.2 Å². The Bertz CT molecular complexity index is 694. The third-order valence-corrected chi connectivity index (χ3v) is 6.46. The largest absolute Gasteiger partial charge is 0.353 e. The Morgan fingerprint density at radius 2 is 1.71 bits per heavy atom. The number of carbonyl (C=O) groups is 2. The Labute approximate surface area is 167 Å². The highest BCUT2D eigenvalue weighted by Gasteiger charge is 2.53. The molecule has 3 aliphatic rings. The topological polar surface area (TPSA) is 53.1 Å². The Morgan fingerprint density at radius 3 is 2.39 bits per heavy atom. The molecule has 1 saturated carbocycles. The van der Waals surface area contributed by atoms with Crippen LogP contribution in [0.4, 0.5) is 0 Å². The Hall–Kier alpha value is -1.92. The molecule has 3 fully saturated rings. The highest BCUT2D eigenvalue weighted by Crippen LogP contribution is 2.41. The van der Waals surface area contributed by atoms with Crippen LogP contribution >= 0.6 is 0 Å². The molecule has 1 aromatic rings. The molecular formula is C22H31N3O3. The van der Waals surface area contributed by atoms with Gasteiger partial charge in [-0.1, -0.05) is 36.8 Å². The average Bonchev–Trinajstić information content (AvgIpc) is 3.08. The second-order valence-electron chi connectivity index (χ2n) is 8.39. The number of hydrogen-bond donors (Lipinski definition) is 0. The zero-order valence-electron chi connectivity index (χ0n) is 16.8. The van der Waals surface area contributed by atoms with E-state index < -0.39 is 11.8 Å². The van der Waals surface area contributed by atoms with Crippen LogP contribution in [0.25, 0.3) is 0 Å². The van der Waals surface area contributed by atoms with Crippen LogP contribution in [-0.2, 0) is 20.7 Å². The van der Waals surface area contributed by atoms with E-state index >= 15 is 0 Å². The Morgan fingerprint density at radius 1 is 1.04 bits per heavy atom. The second kappa shape index (κ2) is 8.21. The van der Waals surface area contributed by atoms with Gasteiger partial charge in [-0.05, 0) is 38.3 Å². The summed E-state index contributed by atoms with van der Waals surface area (Å²) in [5.74, 6) is 0.0648. The number of ether oxygens (including phenoxy) is 1. The van der Waals surface area contributed by atoms with Crippen molar-refractivity contribution >= 4 is 11.8 Å². The van der Waals surface area contributed by atoms with E-state index in [1.165, 1.54) is 6.42 Å². The van der Waals surface area contributed by atoms with Gasteiger partial charge in [-0.25, -0.2) is 0 Å². The molecule has 0 bridgehead atoms. The highest BCUT2D eigenvalue weighted by molar-refractivity contribution is 5.89. The molecule has 0 aromatic heterocycles. The van der Waals surface area contributed by atoms with Crippen molar-refractivity contribution in [1.29, 1.82) is 0 Å². The molecule has 1 spiro atoms. The third kappa shape index (κ3) is 3.80. The molecule has 1 aliphatic carbocycles. The normalized spacial score (nSPS) is 25.2. The van der Waals surface area contributed by atoms with Crippen molar-refractivity contribution in [1.82, 2.24) is 14.7 Å². The number of rotatable bonds is 3. The maximum atomic E-state index is 13.4. The Kier molecular flexibility index (Phi) is 5.69. The first-order chi connectivity index (χ1) is 13.6. The lowest BCUT2D eigenvalue weighted by atomic mass is 9.89. The van der Waals surface area contributed by atoms with Crippen LogP contribution in [0.15, 0.2) is 30.3 Å². The maximum absolute atomic E-state index is 13.4. The summed E-state index contributed by atoms with van der Waals surface area (Å²) in [6.07, 6.45) is 5.25. The summed E-state index contributed by atoms with van der Waals surface area (Å²) in [5.41, 5.74) is 0.396. The van der Waals surface area contributed by atoms with Gasteiger partial charge in [0.1, 0.15) is 11.8 Å². The van der Waals surface area contributed by atoms with Gasteiger partial charge >= 0.3 is 0 Å². The number of hydrogen-bond acceptors (Lipinski definition) is 4. The first kappa shape index (κ1) is 19.4. The van der Waals surface area contributed by atoms with Gasteiger partial charge in [0.15, 0.2) is 0 Å². The third-order valence-electron chi connectivity index (χ3n) is 6.46. The first-order valence-corrected chi connectivity index (χ1v) is 10.6. The minimum absolute atomic E-state index is 0.0121. The number of nitrogens with zero attached hydrogens (tertiary/aromatic N) is 3. The second-order valence-corrected chi connectivity index (χ2v) is 8.39. The summed E-state index contributed by atoms with van der Waals surface area (Å²) in [4.78, 5) is 32.7. The molecule has 0 radical (unpaired) electrons. The quantitative estimate of drug-likeness (QED) is 0.797. The van der Waals surface area contributed by atoms with Crippen molar-refractivity contribution in [2.24, 2.45) is 0 Å². The van der Waals surface area contributed by atoms with Crippen molar-refractivity contribution in [2.75, 3.05) is 39.8 Å². The number of amides is 2. The number of benzene rings is 1. The average molecular weight is 386 g/mol. The fourth-order valence-electron chi connectivity index (χ4n) is 4.83. The zero-order chi connectivity index (χ0) is 19.6. The van der Waals surface area contributed by atoms with E-state index in [2.05, 4.69) is 11.9 Å². The summed E-state index contributed by atoms with van der Waals surface area (Å²) in [5, 5.41) is 0. The molecule has 1 atom stereocenters.